The summed E-state index contributed by atoms with van der Waals surface area (Å²) in [4.78, 5) is 19.0. The monoisotopic (exact) mass is 326 g/mol. The van der Waals surface area contributed by atoms with E-state index in [9.17, 15) is 13.6 Å². The molecule has 128 valence electrons. The zero-order valence-corrected chi connectivity index (χ0v) is 13.7. The molecule has 0 radical (unpaired) electrons. The van der Waals surface area contributed by atoms with Gasteiger partial charge in [0.05, 0.1) is 0 Å². The van der Waals surface area contributed by atoms with Crippen LogP contribution in [0.3, 0.4) is 0 Å². The molecule has 23 heavy (non-hydrogen) atoms. The molecule has 0 N–H and O–H groups in total. The first-order chi connectivity index (χ1) is 11.0. The third-order valence-electron chi connectivity index (χ3n) is 5.04. The smallest absolute Gasteiger partial charge is 0.319 e. The highest BCUT2D eigenvalue weighted by Crippen LogP contribution is 2.23. The van der Waals surface area contributed by atoms with Crippen molar-refractivity contribution in [2.45, 2.75) is 25.9 Å². The van der Waals surface area contributed by atoms with Crippen LogP contribution in [0.15, 0.2) is 12.1 Å². The van der Waals surface area contributed by atoms with Gasteiger partial charge in [0.1, 0.15) is 5.69 Å². The maximum atomic E-state index is 13.2. The Hall–Kier alpha value is -1.47. The van der Waals surface area contributed by atoms with Gasteiger partial charge in [-0.2, -0.15) is 8.78 Å². The van der Waals surface area contributed by atoms with Crippen molar-refractivity contribution in [3.8, 4) is 0 Å². The van der Waals surface area contributed by atoms with E-state index in [1.807, 2.05) is 0 Å². The Bertz CT molecular complexity index is 566. The van der Waals surface area contributed by atoms with Crippen molar-refractivity contribution in [1.82, 2.24) is 19.3 Å². The van der Waals surface area contributed by atoms with E-state index in [1.165, 1.54) is 6.07 Å². The van der Waals surface area contributed by atoms with Gasteiger partial charge in [-0.15, -0.1) is 0 Å². The van der Waals surface area contributed by atoms with Gasteiger partial charge in [0.25, 0.3) is 5.91 Å². The van der Waals surface area contributed by atoms with Gasteiger partial charge >= 0.3 is 6.55 Å². The lowest BCUT2D eigenvalue weighted by atomic mass is 10.2. The number of aryl methyl sites for hydroxylation is 1. The highest BCUT2D eigenvalue weighted by Gasteiger charge is 2.33. The van der Waals surface area contributed by atoms with E-state index in [-0.39, 0.29) is 11.6 Å². The maximum absolute atomic E-state index is 13.2. The molecule has 2 aliphatic heterocycles. The summed E-state index contributed by atoms with van der Waals surface area (Å²) in [5, 5.41) is 0. The second kappa shape index (κ2) is 6.57. The molecule has 0 aliphatic carbocycles. The molecule has 2 fully saturated rings. The Morgan fingerprint density at radius 3 is 2.52 bits per heavy atom. The van der Waals surface area contributed by atoms with Gasteiger partial charge in [0.15, 0.2) is 0 Å². The second-order valence-electron chi connectivity index (χ2n) is 6.54. The zero-order chi connectivity index (χ0) is 16.6. The van der Waals surface area contributed by atoms with Crippen molar-refractivity contribution in [3.05, 3.63) is 23.5 Å². The van der Waals surface area contributed by atoms with Crippen LogP contribution in [0.1, 0.15) is 29.2 Å². The standard InChI is InChI=1S/C16H24F2N4O/c1-12-3-4-14(22(12)16(17)18)15(23)21-6-5-13(11-21)20-9-7-19(2)8-10-20/h3-4,13,16H,5-11H2,1-2H3/t13-/m0/s1. The average molecular weight is 326 g/mol. The van der Waals surface area contributed by atoms with Crippen LogP contribution >= 0.6 is 0 Å². The number of hydrogen-bond acceptors (Lipinski definition) is 3. The number of amides is 1. The van der Waals surface area contributed by atoms with Gasteiger partial charge in [0, 0.05) is 51.0 Å². The van der Waals surface area contributed by atoms with E-state index < -0.39 is 6.55 Å². The molecule has 2 aliphatic rings. The van der Waals surface area contributed by atoms with E-state index >= 15 is 0 Å². The number of likely N-dealkylation sites (tertiary alicyclic amines) is 1. The van der Waals surface area contributed by atoms with Crippen LogP contribution in [-0.4, -0.2) is 77.5 Å². The van der Waals surface area contributed by atoms with Crippen molar-refractivity contribution in [2.24, 2.45) is 0 Å². The van der Waals surface area contributed by atoms with Crippen LogP contribution in [0.2, 0.25) is 0 Å². The highest BCUT2D eigenvalue weighted by molar-refractivity contribution is 5.93. The largest absolute Gasteiger partial charge is 0.336 e. The molecule has 3 heterocycles. The Morgan fingerprint density at radius 2 is 1.87 bits per heavy atom. The van der Waals surface area contributed by atoms with Crippen LogP contribution in [-0.2, 0) is 0 Å². The van der Waals surface area contributed by atoms with E-state index in [0.717, 1.165) is 37.2 Å². The molecule has 1 atom stereocenters. The zero-order valence-electron chi connectivity index (χ0n) is 13.7. The maximum Gasteiger partial charge on any atom is 0.319 e. The van der Waals surface area contributed by atoms with Crippen molar-refractivity contribution >= 4 is 5.91 Å². The summed E-state index contributed by atoms with van der Waals surface area (Å²) in [6.07, 6.45) is 0.920. The fraction of sp³-hybridized carbons (Fsp3) is 0.688. The molecular weight excluding hydrogens is 302 g/mol. The van der Waals surface area contributed by atoms with Crippen LogP contribution < -0.4 is 0 Å². The third-order valence-corrected chi connectivity index (χ3v) is 5.04. The number of carbonyl (C=O) groups is 1. The molecule has 1 aromatic heterocycles. The average Bonchev–Trinajstić information content (AvgIpc) is 3.14. The minimum Gasteiger partial charge on any atom is -0.336 e. The van der Waals surface area contributed by atoms with Crippen molar-refractivity contribution in [2.75, 3.05) is 46.3 Å². The summed E-state index contributed by atoms with van der Waals surface area (Å²) in [7, 11) is 2.11. The summed E-state index contributed by atoms with van der Waals surface area (Å²) in [6, 6.07) is 3.43. The van der Waals surface area contributed by atoms with Crippen LogP contribution in [0.25, 0.3) is 0 Å². The molecule has 0 spiro atoms. The van der Waals surface area contributed by atoms with Gasteiger partial charge < -0.3 is 9.80 Å². The lowest BCUT2D eigenvalue weighted by Crippen LogP contribution is -2.50. The van der Waals surface area contributed by atoms with Gasteiger partial charge in [-0.3, -0.25) is 14.3 Å². The number of piperazine rings is 1. The van der Waals surface area contributed by atoms with Crippen molar-refractivity contribution in [3.63, 3.8) is 0 Å². The third kappa shape index (κ3) is 3.26. The summed E-state index contributed by atoms with van der Waals surface area (Å²) in [5.74, 6) is -0.282. The van der Waals surface area contributed by atoms with E-state index in [2.05, 4.69) is 16.8 Å². The van der Waals surface area contributed by atoms with Gasteiger partial charge in [-0.05, 0) is 32.5 Å². The topological polar surface area (TPSA) is 31.7 Å². The number of halogens is 2. The molecule has 0 saturated carbocycles. The number of aromatic nitrogens is 1. The number of rotatable bonds is 3. The first-order valence-electron chi connectivity index (χ1n) is 8.15. The normalized spacial score (nSPS) is 23.9. The van der Waals surface area contributed by atoms with E-state index in [1.54, 1.807) is 17.9 Å². The fourth-order valence-corrected chi connectivity index (χ4v) is 3.56. The van der Waals surface area contributed by atoms with Crippen LogP contribution in [0.4, 0.5) is 8.78 Å². The summed E-state index contributed by atoms with van der Waals surface area (Å²) >= 11 is 0. The molecular formula is C16H24F2N4O. The molecule has 3 rings (SSSR count). The number of likely N-dealkylation sites (N-methyl/N-ethyl adjacent to an activating group) is 1. The predicted octanol–water partition coefficient (Wildman–Crippen LogP) is 1.65. The molecule has 0 aromatic carbocycles. The quantitative estimate of drug-likeness (QED) is 0.847. The minimum atomic E-state index is -2.68. The molecule has 0 bridgehead atoms. The number of hydrogen-bond donors (Lipinski definition) is 0. The van der Waals surface area contributed by atoms with Crippen LogP contribution in [0.5, 0.6) is 0 Å². The van der Waals surface area contributed by atoms with Crippen LogP contribution in [0, 0.1) is 6.92 Å². The summed E-state index contributed by atoms with van der Waals surface area (Å²) in [5.41, 5.74) is 0.509. The Labute approximate surface area is 135 Å². The second-order valence-corrected chi connectivity index (χ2v) is 6.54. The van der Waals surface area contributed by atoms with E-state index in [4.69, 9.17) is 0 Å². The van der Waals surface area contributed by atoms with Crippen molar-refractivity contribution in [1.29, 1.82) is 0 Å². The fourth-order valence-electron chi connectivity index (χ4n) is 3.56. The SMILES string of the molecule is Cc1ccc(C(=O)N2CC[C@H](N3CCN(C)CC3)C2)n1C(F)F. The first-order valence-corrected chi connectivity index (χ1v) is 8.15. The van der Waals surface area contributed by atoms with Gasteiger partial charge in [0.2, 0.25) is 0 Å². The number of carbonyl (C=O) groups excluding carboxylic acids is 1. The minimum absolute atomic E-state index is 0.0940. The van der Waals surface area contributed by atoms with Gasteiger partial charge in [-0.25, -0.2) is 0 Å². The molecule has 0 unspecified atom stereocenters. The van der Waals surface area contributed by atoms with Crippen molar-refractivity contribution < 1.29 is 13.6 Å². The Morgan fingerprint density at radius 1 is 1.17 bits per heavy atom. The Kier molecular flexibility index (Phi) is 4.68. The highest BCUT2D eigenvalue weighted by atomic mass is 19.3. The predicted molar refractivity (Wildman–Crippen MR) is 83.8 cm³/mol. The molecule has 5 nitrogen and oxygen atoms in total. The molecule has 1 aromatic rings. The number of alkyl halides is 2. The van der Waals surface area contributed by atoms with E-state index in [0.29, 0.717) is 24.8 Å². The first kappa shape index (κ1) is 16.4. The lowest BCUT2D eigenvalue weighted by molar-refractivity contribution is 0.0556. The molecule has 7 heteroatoms. The summed E-state index contributed by atoms with van der Waals surface area (Å²) < 4.78 is 27.1. The summed E-state index contributed by atoms with van der Waals surface area (Å²) in [6.45, 7) is 4.29. The van der Waals surface area contributed by atoms with Gasteiger partial charge in [-0.1, -0.05) is 0 Å². The Balaban J connectivity index is 1.66. The molecule has 2 saturated heterocycles. The molecule has 1 amide bonds. The number of nitrogens with zero attached hydrogens (tertiary/aromatic N) is 4. The lowest BCUT2D eigenvalue weighted by Gasteiger charge is -2.36.